The molecule has 1 heterocycles. The van der Waals surface area contributed by atoms with Gasteiger partial charge in [-0.15, -0.1) is 0 Å². The lowest BCUT2D eigenvalue weighted by Gasteiger charge is -2.18. The molecule has 0 bridgehead atoms. The topological polar surface area (TPSA) is 53.6 Å². The van der Waals surface area contributed by atoms with Crippen molar-refractivity contribution in [2.75, 3.05) is 28.6 Å². The third kappa shape index (κ3) is 4.73. The Hall–Kier alpha value is -2.69. The van der Waals surface area contributed by atoms with Crippen LogP contribution in [0.25, 0.3) is 0 Å². The van der Waals surface area contributed by atoms with Crippen LogP contribution in [-0.4, -0.2) is 25.2 Å². The zero-order valence-electron chi connectivity index (χ0n) is 15.6. The van der Waals surface area contributed by atoms with E-state index in [-0.39, 0.29) is 6.03 Å². The Labute approximate surface area is 160 Å². The number of hydrogen-bond acceptors (Lipinski definition) is 3. The van der Waals surface area contributed by atoms with Crippen LogP contribution in [0, 0.1) is 0 Å². The summed E-state index contributed by atoms with van der Waals surface area (Å²) < 4.78 is 5.95. The van der Waals surface area contributed by atoms with E-state index < -0.39 is 0 Å². The van der Waals surface area contributed by atoms with Gasteiger partial charge in [0.05, 0.1) is 6.10 Å². The number of benzene rings is 2. The number of ether oxygens (including phenoxy) is 1. The lowest BCUT2D eigenvalue weighted by molar-refractivity contribution is 0.210. The van der Waals surface area contributed by atoms with Crippen LogP contribution in [0.2, 0.25) is 0 Å². The second-order valence-electron chi connectivity index (χ2n) is 7.37. The second kappa shape index (κ2) is 8.33. The minimum Gasteiger partial charge on any atom is -0.490 e. The number of carbonyl (C=O) groups excluding carboxylic acids is 1. The van der Waals surface area contributed by atoms with Crippen molar-refractivity contribution in [1.29, 1.82) is 0 Å². The first-order chi connectivity index (χ1) is 13.3. The van der Waals surface area contributed by atoms with Gasteiger partial charge >= 0.3 is 6.03 Å². The molecule has 2 aromatic rings. The summed E-state index contributed by atoms with van der Waals surface area (Å²) >= 11 is 0. The van der Waals surface area contributed by atoms with Gasteiger partial charge in [-0.05, 0) is 87.1 Å². The van der Waals surface area contributed by atoms with E-state index in [1.54, 1.807) is 0 Å². The normalized spacial score (nSPS) is 17.1. The van der Waals surface area contributed by atoms with Crippen molar-refractivity contribution < 1.29 is 9.53 Å². The average Bonchev–Trinajstić information content (AvgIpc) is 3.38. The van der Waals surface area contributed by atoms with Crippen LogP contribution >= 0.6 is 0 Å². The van der Waals surface area contributed by atoms with Crippen LogP contribution in [0.3, 0.4) is 0 Å². The Morgan fingerprint density at radius 2 is 1.37 bits per heavy atom. The molecular formula is C22H27N3O2. The second-order valence-corrected chi connectivity index (χ2v) is 7.37. The molecule has 2 fully saturated rings. The predicted octanol–water partition coefficient (Wildman–Crippen LogP) is 5.25. The van der Waals surface area contributed by atoms with E-state index in [0.717, 1.165) is 43.1 Å². The minimum atomic E-state index is -0.242. The molecule has 142 valence electrons. The summed E-state index contributed by atoms with van der Waals surface area (Å²) in [6, 6.07) is 15.4. The third-order valence-corrected chi connectivity index (χ3v) is 5.31. The van der Waals surface area contributed by atoms with Crippen LogP contribution in [0.5, 0.6) is 5.75 Å². The van der Waals surface area contributed by atoms with Crippen LogP contribution in [0.1, 0.15) is 38.5 Å². The number of rotatable bonds is 5. The van der Waals surface area contributed by atoms with Gasteiger partial charge in [0.15, 0.2) is 0 Å². The molecule has 0 spiro atoms. The van der Waals surface area contributed by atoms with Gasteiger partial charge in [0.1, 0.15) is 5.75 Å². The first kappa shape index (κ1) is 17.7. The van der Waals surface area contributed by atoms with E-state index in [9.17, 15) is 4.79 Å². The molecule has 5 nitrogen and oxygen atoms in total. The number of nitrogens with one attached hydrogen (secondary N) is 2. The molecule has 2 N–H and O–H groups in total. The number of carbonyl (C=O) groups is 1. The number of hydrogen-bond donors (Lipinski definition) is 2. The van der Waals surface area contributed by atoms with Crippen LogP contribution in [-0.2, 0) is 0 Å². The molecule has 1 aliphatic carbocycles. The molecule has 0 aromatic heterocycles. The number of urea groups is 1. The van der Waals surface area contributed by atoms with E-state index in [1.165, 1.54) is 31.4 Å². The van der Waals surface area contributed by atoms with E-state index in [1.807, 2.05) is 36.4 Å². The quantitative estimate of drug-likeness (QED) is 0.761. The van der Waals surface area contributed by atoms with E-state index in [4.69, 9.17) is 4.74 Å². The highest BCUT2D eigenvalue weighted by atomic mass is 16.5. The first-order valence-electron chi connectivity index (χ1n) is 9.96. The molecule has 1 saturated carbocycles. The molecule has 27 heavy (non-hydrogen) atoms. The molecular weight excluding hydrogens is 338 g/mol. The van der Waals surface area contributed by atoms with Crippen LogP contribution in [0.15, 0.2) is 48.5 Å². The molecule has 2 aromatic carbocycles. The molecule has 2 amide bonds. The monoisotopic (exact) mass is 365 g/mol. The van der Waals surface area contributed by atoms with Gasteiger partial charge in [-0.1, -0.05) is 0 Å². The van der Waals surface area contributed by atoms with Gasteiger partial charge in [0, 0.05) is 30.2 Å². The molecule has 5 heteroatoms. The Kier molecular flexibility index (Phi) is 5.47. The van der Waals surface area contributed by atoms with E-state index in [2.05, 4.69) is 27.7 Å². The van der Waals surface area contributed by atoms with Gasteiger partial charge < -0.3 is 20.3 Å². The van der Waals surface area contributed by atoms with Crippen LogP contribution in [0.4, 0.5) is 21.9 Å². The summed E-state index contributed by atoms with van der Waals surface area (Å²) in [6.07, 6.45) is 7.64. The summed E-state index contributed by atoms with van der Waals surface area (Å²) in [5.41, 5.74) is 2.76. The van der Waals surface area contributed by atoms with Gasteiger partial charge in [0.2, 0.25) is 0 Å². The van der Waals surface area contributed by atoms with Gasteiger partial charge in [-0.3, -0.25) is 0 Å². The largest absolute Gasteiger partial charge is 0.490 e. The number of anilines is 3. The molecule has 1 saturated heterocycles. The van der Waals surface area contributed by atoms with Crippen molar-refractivity contribution >= 4 is 23.1 Å². The van der Waals surface area contributed by atoms with E-state index >= 15 is 0 Å². The fraction of sp³-hybridized carbons (Fsp3) is 0.409. The van der Waals surface area contributed by atoms with Crippen molar-refractivity contribution in [2.24, 2.45) is 0 Å². The van der Waals surface area contributed by atoms with Crippen molar-refractivity contribution in [3.8, 4) is 5.75 Å². The molecule has 0 atom stereocenters. The lowest BCUT2D eigenvalue weighted by Crippen LogP contribution is -2.20. The van der Waals surface area contributed by atoms with Gasteiger partial charge in [0.25, 0.3) is 0 Å². The Balaban J connectivity index is 1.28. The van der Waals surface area contributed by atoms with Crippen LogP contribution < -0.4 is 20.3 Å². The average molecular weight is 365 g/mol. The number of nitrogens with zero attached hydrogens (tertiary/aromatic N) is 1. The Morgan fingerprint density at radius 1 is 0.815 bits per heavy atom. The SMILES string of the molecule is O=C(Nc1ccc(OC2CCCC2)cc1)Nc1ccc(N2CCCC2)cc1. The van der Waals surface area contributed by atoms with Crippen molar-refractivity contribution in [2.45, 2.75) is 44.6 Å². The maximum absolute atomic E-state index is 12.2. The Bertz CT molecular complexity index is 746. The van der Waals surface area contributed by atoms with Crippen molar-refractivity contribution in [3.63, 3.8) is 0 Å². The summed E-state index contributed by atoms with van der Waals surface area (Å²) in [6.45, 7) is 2.24. The van der Waals surface area contributed by atoms with Crippen molar-refractivity contribution in [3.05, 3.63) is 48.5 Å². The zero-order chi connectivity index (χ0) is 18.5. The van der Waals surface area contributed by atoms with Gasteiger partial charge in [-0.2, -0.15) is 0 Å². The van der Waals surface area contributed by atoms with Crippen molar-refractivity contribution in [1.82, 2.24) is 0 Å². The fourth-order valence-corrected chi connectivity index (χ4v) is 3.84. The maximum atomic E-state index is 12.2. The van der Waals surface area contributed by atoms with E-state index in [0.29, 0.717) is 6.10 Å². The molecule has 4 rings (SSSR count). The minimum absolute atomic E-state index is 0.242. The summed E-state index contributed by atoms with van der Waals surface area (Å²) in [4.78, 5) is 14.6. The molecule has 2 aliphatic rings. The number of amides is 2. The highest BCUT2D eigenvalue weighted by molar-refractivity contribution is 5.99. The maximum Gasteiger partial charge on any atom is 0.323 e. The summed E-state index contributed by atoms with van der Waals surface area (Å²) in [7, 11) is 0. The standard InChI is InChI=1S/C22H27N3O2/c26-22(23-17-7-11-19(12-8-17)25-15-3-4-16-25)24-18-9-13-21(14-10-18)27-20-5-1-2-6-20/h7-14,20H,1-6,15-16H2,(H2,23,24,26). The zero-order valence-corrected chi connectivity index (χ0v) is 15.6. The smallest absolute Gasteiger partial charge is 0.323 e. The highest BCUT2D eigenvalue weighted by Gasteiger charge is 2.16. The summed E-state index contributed by atoms with van der Waals surface area (Å²) in [5, 5.41) is 5.75. The third-order valence-electron chi connectivity index (χ3n) is 5.31. The predicted molar refractivity (Wildman–Crippen MR) is 110 cm³/mol. The lowest BCUT2D eigenvalue weighted by atomic mass is 10.2. The highest BCUT2D eigenvalue weighted by Crippen LogP contribution is 2.25. The first-order valence-corrected chi connectivity index (χ1v) is 9.96. The Morgan fingerprint density at radius 3 is 1.96 bits per heavy atom. The van der Waals surface area contributed by atoms with Gasteiger partial charge in [-0.25, -0.2) is 4.79 Å². The molecule has 1 aliphatic heterocycles. The fourth-order valence-electron chi connectivity index (χ4n) is 3.84. The molecule has 0 unspecified atom stereocenters. The summed E-state index contributed by atoms with van der Waals surface area (Å²) in [5.74, 6) is 0.866. The molecule has 0 radical (unpaired) electrons.